The molecular formula is C22H17N5O3. The zero-order chi connectivity index (χ0) is 21.3. The van der Waals surface area contributed by atoms with Crippen molar-refractivity contribution in [1.29, 1.82) is 5.26 Å². The van der Waals surface area contributed by atoms with Crippen LogP contribution in [0.3, 0.4) is 0 Å². The van der Waals surface area contributed by atoms with Crippen molar-refractivity contribution in [3.8, 4) is 6.07 Å². The first kappa shape index (κ1) is 20.1. The highest BCUT2D eigenvalue weighted by Crippen LogP contribution is 2.19. The first-order valence-corrected chi connectivity index (χ1v) is 8.90. The van der Waals surface area contributed by atoms with Gasteiger partial charge in [0.05, 0.1) is 4.92 Å². The molecule has 0 atom stereocenters. The van der Waals surface area contributed by atoms with Gasteiger partial charge in [0, 0.05) is 41.1 Å². The Balaban J connectivity index is 1.61. The number of hydrogen-bond acceptors (Lipinski definition) is 6. The molecule has 0 bridgehead atoms. The van der Waals surface area contributed by atoms with Crippen molar-refractivity contribution in [2.24, 2.45) is 0 Å². The van der Waals surface area contributed by atoms with Crippen LogP contribution >= 0.6 is 0 Å². The molecule has 8 nitrogen and oxygen atoms in total. The van der Waals surface area contributed by atoms with E-state index in [1.807, 2.05) is 60.7 Å². The molecule has 0 aliphatic heterocycles. The van der Waals surface area contributed by atoms with Gasteiger partial charge in [-0.2, -0.15) is 5.26 Å². The third kappa shape index (κ3) is 5.43. The van der Waals surface area contributed by atoms with Crippen molar-refractivity contribution in [3.05, 3.63) is 101 Å². The van der Waals surface area contributed by atoms with E-state index in [-0.39, 0.29) is 11.3 Å². The minimum Gasteiger partial charge on any atom is -0.360 e. The van der Waals surface area contributed by atoms with Crippen molar-refractivity contribution in [3.63, 3.8) is 0 Å². The Labute approximate surface area is 172 Å². The van der Waals surface area contributed by atoms with Crippen LogP contribution in [0.1, 0.15) is 0 Å². The normalized spacial score (nSPS) is 10.6. The maximum absolute atomic E-state index is 12.3. The third-order valence-electron chi connectivity index (χ3n) is 4.03. The van der Waals surface area contributed by atoms with Gasteiger partial charge in [-0.25, -0.2) is 0 Å². The number of benzene rings is 3. The molecule has 0 aliphatic rings. The molecule has 0 saturated heterocycles. The number of nitro groups is 1. The van der Waals surface area contributed by atoms with E-state index in [0.29, 0.717) is 11.4 Å². The van der Waals surface area contributed by atoms with Crippen LogP contribution in [0.15, 0.2) is 90.6 Å². The van der Waals surface area contributed by atoms with Gasteiger partial charge < -0.3 is 16.0 Å². The summed E-state index contributed by atoms with van der Waals surface area (Å²) in [4.78, 5) is 22.4. The predicted molar refractivity (Wildman–Crippen MR) is 115 cm³/mol. The van der Waals surface area contributed by atoms with Crippen LogP contribution in [0.5, 0.6) is 0 Å². The SMILES string of the molecule is N#C/C(=C/Nc1ccc(Nc2ccccc2)cc1)C(=O)Nc1ccc([N+](=O)[O-])cc1. The summed E-state index contributed by atoms with van der Waals surface area (Å²) < 4.78 is 0. The van der Waals surface area contributed by atoms with Gasteiger partial charge in [-0.05, 0) is 48.5 Å². The molecule has 0 heterocycles. The largest absolute Gasteiger partial charge is 0.360 e. The fourth-order valence-electron chi connectivity index (χ4n) is 2.51. The van der Waals surface area contributed by atoms with Gasteiger partial charge in [-0.3, -0.25) is 14.9 Å². The van der Waals surface area contributed by atoms with Crippen LogP contribution in [-0.2, 0) is 4.79 Å². The van der Waals surface area contributed by atoms with Crippen molar-refractivity contribution in [2.75, 3.05) is 16.0 Å². The van der Waals surface area contributed by atoms with Crippen molar-refractivity contribution in [2.45, 2.75) is 0 Å². The van der Waals surface area contributed by atoms with Gasteiger partial charge in [0.15, 0.2) is 0 Å². The number of nitrogens with one attached hydrogen (secondary N) is 3. The number of carbonyl (C=O) groups is 1. The smallest absolute Gasteiger partial charge is 0.269 e. The molecule has 1 amide bonds. The summed E-state index contributed by atoms with van der Waals surface area (Å²) in [6.45, 7) is 0. The Hall–Kier alpha value is -4.64. The van der Waals surface area contributed by atoms with Gasteiger partial charge in [-0.1, -0.05) is 18.2 Å². The standard InChI is InChI=1S/C22H17N5O3/c23-14-16(22(28)26-20-10-12-21(13-11-20)27(29)30)15-24-17-6-8-19(9-7-17)25-18-4-2-1-3-5-18/h1-13,15,24-25H,(H,26,28)/b16-15-. The van der Waals surface area contributed by atoms with E-state index in [0.717, 1.165) is 11.4 Å². The molecule has 3 N–H and O–H groups in total. The fourth-order valence-corrected chi connectivity index (χ4v) is 2.51. The van der Waals surface area contributed by atoms with Crippen molar-refractivity contribution < 1.29 is 9.72 Å². The number of rotatable bonds is 7. The van der Waals surface area contributed by atoms with Crippen molar-refractivity contribution in [1.82, 2.24) is 0 Å². The quantitative estimate of drug-likeness (QED) is 0.227. The first-order valence-electron chi connectivity index (χ1n) is 8.90. The summed E-state index contributed by atoms with van der Waals surface area (Å²) in [5.74, 6) is -0.624. The number of nitrogens with zero attached hydrogens (tertiary/aromatic N) is 2. The van der Waals surface area contributed by atoms with Crippen LogP contribution < -0.4 is 16.0 Å². The Morgan fingerprint density at radius 3 is 2.03 bits per heavy atom. The van der Waals surface area contributed by atoms with Crippen LogP contribution in [-0.4, -0.2) is 10.8 Å². The summed E-state index contributed by atoms with van der Waals surface area (Å²) in [6, 6.07) is 24.3. The van der Waals surface area contributed by atoms with Crippen molar-refractivity contribution >= 4 is 34.3 Å². The monoisotopic (exact) mass is 399 g/mol. The summed E-state index contributed by atoms with van der Waals surface area (Å²) in [5, 5.41) is 28.6. The lowest BCUT2D eigenvalue weighted by atomic mass is 10.2. The second kappa shape index (κ2) is 9.52. The molecule has 3 aromatic rings. The molecule has 0 unspecified atom stereocenters. The Morgan fingerprint density at radius 1 is 0.867 bits per heavy atom. The van der Waals surface area contributed by atoms with E-state index >= 15 is 0 Å². The van der Waals surface area contributed by atoms with Gasteiger partial charge in [0.25, 0.3) is 11.6 Å². The highest BCUT2D eigenvalue weighted by Gasteiger charge is 2.11. The molecule has 3 aromatic carbocycles. The van der Waals surface area contributed by atoms with Crippen LogP contribution in [0.4, 0.5) is 28.4 Å². The highest BCUT2D eigenvalue weighted by atomic mass is 16.6. The molecular weight excluding hydrogens is 382 g/mol. The molecule has 0 saturated carbocycles. The molecule has 0 aromatic heterocycles. The summed E-state index contributed by atoms with van der Waals surface area (Å²) in [6.07, 6.45) is 1.31. The fraction of sp³-hybridized carbons (Fsp3) is 0. The van der Waals surface area contributed by atoms with E-state index < -0.39 is 10.8 Å². The van der Waals surface area contributed by atoms with Crippen LogP contribution in [0.25, 0.3) is 0 Å². The number of hydrogen-bond donors (Lipinski definition) is 3. The van der Waals surface area contributed by atoms with Gasteiger partial charge in [0.2, 0.25) is 0 Å². The van der Waals surface area contributed by atoms with Gasteiger partial charge >= 0.3 is 0 Å². The lowest BCUT2D eigenvalue weighted by Crippen LogP contribution is -2.14. The number of amides is 1. The Bertz CT molecular complexity index is 1100. The van der Waals surface area contributed by atoms with E-state index in [9.17, 15) is 20.2 Å². The average Bonchev–Trinajstić information content (AvgIpc) is 2.76. The maximum Gasteiger partial charge on any atom is 0.269 e. The average molecular weight is 399 g/mol. The number of nitriles is 1. The molecule has 0 radical (unpaired) electrons. The minimum absolute atomic E-state index is 0.0871. The topological polar surface area (TPSA) is 120 Å². The molecule has 8 heteroatoms. The summed E-state index contributed by atoms with van der Waals surface area (Å²) >= 11 is 0. The van der Waals surface area contributed by atoms with E-state index in [4.69, 9.17) is 0 Å². The maximum atomic E-state index is 12.3. The summed E-state index contributed by atoms with van der Waals surface area (Å²) in [5.41, 5.74) is 2.68. The highest BCUT2D eigenvalue weighted by molar-refractivity contribution is 6.06. The number of nitro benzene ring substituents is 1. The zero-order valence-corrected chi connectivity index (χ0v) is 15.7. The molecule has 0 fully saturated rings. The number of carbonyl (C=O) groups excluding carboxylic acids is 1. The van der Waals surface area contributed by atoms with Crippen LogP contribution in [0, 0.1) is 21.4 Å². The summed E-state index contributed by atoms with van der Waals surface area (Å²) in [7, 11) is 0. The second-order valence-corrected chi connectivity index (χ2v) is 6.14. The first-order chi connectivity index (χ1) is 14.5. The minimum atomic E-state index is -0.624. The van der Waals surface area contributed by atoms with Crippen LogP contribution in [0.2, 0.25) is 0 Å². The van der Waals surface area contributed by atoms with Gasteiger partial charge in [-0.15, -0.1) is 0 Å². The molecule has 148 valence electrons. The van der Waals surface area contributed by atoms with E-state index in [1.54, 1.807) is 0 Å². The zero-order valence-electron chi connectivity index (χ0n) is 15.7. The Morgan fingerprint density at radius 2 is 1.43 bits per heavy atom. The molecule has 0 aliphatic carbocycles. The van der Waals surface area contributed by atoms with Gasteiger partial charge in [0.1, 0.15) is 11.6 Å². The number of anilines is 4. The number of non-ortho nitro benzene ring substituents is 1. The molecule has 0 spiro atoms. The molecule has 3 rings (SSSR count). The van der Waals surface area contributed by atoms with E-state index in [2.05, 4.69) is 16.0 Å². The van der Waals surface area contributed by atoms with E-state index in [1.165, 1.54) is 30.5 Å². The predicted octanol–water partition coefficient (Wildman–Crippen LogP) is 4.80. The molecule has 30 heavy (non-hydrogen) atoms. The lowest BCUT2D eigenvalue weighted by molar-refractivity contribution is -0.384. The Kier molecular flexibility index (Phi) is 6.38. The third-order valence-corrected chi connectivity index (χ3v) is 4.03. The second-order valence-electron chi connectivity index (χ2n) is 6.14. The number of para-hydroxylation sites is 1. The lowest BCUT2D eigenvalue weighted by Gasteiger charge is -2.08.